The minimum absolute atomic E-state index is 0.0255. The number of alkyl halides is 3. The van der Waals surface area contributed by atoms with Crippen LogP contribution in [0.15, 0.2) is 0 Å². The summed E-state index contributed by atoms with van der Waals surface area (Å²) in [6, 6.07) is 3.42. The lowest BCUT2D eigenvalue weighted by molar-refractivity contribution is -0.138. The van der Waals surface area contributed by atoms with Gasteiger partial charge in [-0.15, -0.1) is 0 Å². The van der Waals surface area contributed by atoms with Gasteiger partial charge in [0, 0.05) is 6.42 Å². The Kier molecular flexibility index (Phi) is 4.61. The van der Waals surface area contributed by atoms with E-state index in [4.69, 9.17) is 10.5 Å². The molecule has 0 aromatic carbocycles. The molecule has 0 aliphatic carbocycles. The van der Waals surface area contributed by atoms with Crippen LogP contribution in [0.4, 0.5) is 13.2 Å². The SMILES string of the molecule is CC(C)CC(C#N)(C#N)CCC(F)(F)F. The third-order valence-corrected chi connectivity index (χ3v) is 2.02. The molecule has 0 spiro atoms. The second-order valence-electron chi connectivity index (χ2n) is 4.02. The van der Waals surface area contributed by atoms with Crippen LogP contribution in [-0.4, -0.2) is 6.18 Å². The Morgan fingerprint density at radius 1 is 1.07 bits per heavy atom. The first-order chi connectivity index (χ1) is 6.74. The van der Waals surface area contributed by atoms with E-state index in [-0.39, 0.29) is 12.3 Å². The maximum Gasteiger partial charge on any atom is 0.389 e. The van der Waals surface area contributed by atoms with Gasteiger partial charge in [0.25, 0.3) is 0 Å². The maximum atomic E-state index is 12.0. The monoisotopic (exact) mass is 218 g/mol. The molecule has 0 saturated carbocycles. The number of nitrogens with zero attached hydrogens (tertiary/aromatic N) is 2. The van der Waals surface area contributed by atoms with Crippen molar-refractivity contribution >= 4 is 0 Å². The predicted molar refractivity (Wildman–Crippen MR) is 48.4 cm³/mol. The quantitative estimate of drug-likeness (QED) is 0.725. The summed E-state index contributed by atoms with van der Waals surface area (Å²) in [4.78, 5) is 0. The molecule has 0 saturated heterocycles. The molecule has 0 unspecified atom stereocenters. The number of hydrogen-bond donors (Lipinski definition) is 0. The molecule has 0 rings (SSSR count). The van der Waals surface area contributed by atoms with E-state index in [1.165, 1.54) is 0 Å². The van der Waals surface area contributed by atoms with Gasteiger partial charge in [-0.05, 0) is 18.8 Å². The van der Waals surface area contributed by atoms with Crippen LogP contribution < -0.4 is 0 Å². The van der Waals surface area contributed by atoms with Gasteiger partial charge < -0.3 is 0 Å². The van der Waals surface area contributed by atoms with Crippen LogP contribution >= 0.6 is 0 Å². The number of rotatable bonds is 4. The molecule has 0 bridgehead atoms. The fraction of sp³-hybridized carbons (Fsp3) is 0.800. The predicted octanol–water partition coefficient (Wildman–Crippen LogP) is 3.41. The van der Waals surface area contributed by atoms with E-state index in [0.717, 1.165) is 0 Å². The average molecular weight is 218 g/mol. The first-order valence-electron chi connectivity index (χ1n) is 4.64. The highest BCUT2D eigenvalue weighted by atomic mass is 19.4. The normalized spacial score (nSPS) is 12.3. The Balaban J connectivity index is 4.56. The number of nitriles is 2. The van der Waals surface area contributed by atoms with Gasteiger partial charge in [0.2, 0.25) is 0 Å². The molecule has 0 heterocycles. The fourth-order valence-electron chi connectivity index (χ4n) is 1.38. The van der Waals surface area contributed by atoms with Gasteiger partial charge in [-0.3, -0.25) is 0 Å². The van der Waals surface area contributed by atoms with E-state index < -0.39 is 24.4 Å². The Bertz CT molecular complexity index is 267. The Hall–Kier alpha value is -1.23. The molecular weight excluding hydrogens is 205 g/mol. The van der Waals surface area contributed by atoms with Gasteiger partial charge in [-0.2, -0.15) is 23.7 Å². The van der Waals surface area contributed by atoms with E-state index >= 15 is 0 Å². The lowest BCUT2D eigenvalue weighted by Gasteiger charge is -2.21. The zero-order chi connectivity index (χ0) is 12.1. The molecule has 0 aromatic rings. The van der Waals surface area contributed by atoms with Crippen LogP contribution in [0, 0.1) is 34.0 Å². The lowest BCUT2D eigenvalue weighted by Crippen LogP contribution is -2.22. The number of hydrogen-bond acceptors (Lipinski definition) is 2. The van der Waals surface area contributed by atoms with Gasteiger partial charge in [0.15, 0.2) is 0 Å². The molecule has 84 valence electrons. The van der Waals surface area contributed by atoms with Gasteiger partial charge in [0.1, 0.15) is 5.41 Å². The van der Waals surface area contributed by atoms with E-state index in [0.29, 0.717) is 0 Å². The molecule has 0 radical (unpaired) electrons. The summed E-state index contributed by atoms with van der Waals surface area (Å²) in [5.74, 6) is 0.0255. The van der Waals surface area contributed by atoms with E-state index in [9.17, 15) is 13.2 Å². The Morgan fingerprint density at radius 3 is 1.80 bits per heavy atom. The topological polar surface area (TPSA) is 47.6 Å². The lowest BCUT2D eigenvalue weighted by atomic mass is 9.79. The second-order valence-corrected chi connectivity index (χ2v) is 4.02. The van der Waals surface area contributed by atoms with Crippen molar-refractivity contribution in [1.29, 1.82) is 10.5 Å². The van der Waals surface area contributed by atoms with Crippen LogP contribution in [0.3, 0.4) is 0 Å². The molecule has 0 fully saturated rings. The zero-order valence-electron chi connectivity index (χ0n) is 8.73. The molecule has 0 atom stereocenters. The highest BCUT2D eigenvalue weighted by molar-refractivity contribution is 5.13. The summed E-state index contributed by atoms with van der Waals surface area (Å²) in [7, 11) is 0. The summed E-state index contributed by atoms with van der Waals surface area (Å²) in [6.45, 7) is 3.55. The first-order valence-corrected chi connectivity index (χ1v) is 4.64. The fourth-order valence-corrected chi connectivity index (χ4v) is 1.38. The van der Waals surface area contributed by atoms with Crippen molar-refractivity contribution in [2.75, 3.05) is 0 Å². The van der Waals surface area contributed by atoms with Crippen molar-refractivity contribution in [3.8, 4) is 12.1 Å². The van der Waals surface area contributed by atoms with Gasteiger partial charge in [0.05, 0.1) is 12.1 Å². The minimum atomic E-state index is -4.31. The van der Waals surface area contributed by atoms with Crippen LogP contribution in [0.2, 0.25) is 0 Å². The van der Waals surface area contributed by atoms with Crippen molar-refractivity contribution in [2.24, 2.45) is 11.3 Å². The van der Waals surface area contributed by atoms with Gasteiger partial charge >= 0.3 is 6.18 Å². The van der Waals surface area contributed by atoms with Gasteiger partial charge in [-0.25, -0.2) is 0 Å². The smallest absolute Gasteiger partial charge is 0.197 e. The van der Waals surface area contributed by atoms with E-state index in [1.54, 1.807) is 26.0 Å². The molecule has 0 amide bonds. The molecule has 0 aromatic heterocycles. The Labute approximate surface area is 87.3 Å². The summed E-state index contributed by atoms with van der Waals surface area (Å²) in [6.07, 6.45) is -5.66. The van der Waals surface area contributed by atoms with Crippen molar-refractivity contribution in [2.45, 2.75) is 39.3 Å². The highest BCUT2D eigenvalue weighted by Gasteiger charge is 2.37. The van der Waals surface area contributed by atoms with E-state index in [2.05, 4.69) is 0 Å². The van der Waals surface area contributed by atoms with Crippen molar-refractivity contribution < 1.29 is 13.2 Å². The molecule has 0 N–H and O–H groups in total. The molecule has 2 nitrogen and oxygen atoms in total. The first kappa shape index (κ1) is 13.8. The molecule has 0 aliphatic heterocycles. The molecule has 5 heteroatoms. The van der Waals surface area contributed by atoms with Crippen LogP contribution in [-0.2, 0) is 0 Å². The maximum absolute atomic E-state index is 12.0. The molecule has 15 heavy (non-hydrogen) atoms. The van der Waals surface area contributed by atoms with Crippen LogP contribution in [0.25, 0.3) is 0 Å². The molecule has 0 aliphatic rings. The highest BCUT2D eigenvalue weighted by Crippen LogP contribution is 2.34. The van der Waals surface area contributed by atoms with Crippen LogP contribution in [0.1, 0.15) is 33.1 Å². The largest absolute Gasteiger partial charge is 0.389 e. The summed E-state index contributed by atoms with van der Waals surface area (Å²) >= 11 is 0. The average Bonchev–Trinajstić information content (AvgIpc) is 2.10. The molecular formula is C10H13F3N2. The van der Waals surface area contributed by atoms with Crippen LogP contribution in [0.5, 0.6) is 0 Å². The Morgan fingerprint density at radius 2 is 1.53 bits per heavy atom. The van der Waals surface area contributed by atoms with Crippen molar-refractivity contribution in [3.05, 3.63) is 0 Å². The van der Waals surface area contributed by atoms with E-state index in [1.807, 2.05) is 0 Å². The number of halogens is 3. The van der Waals surface area contributed by atoms with Crippen molar-refractivity contribution in [1.82, 2.24) is 0 Å². The second kappa shape index (κ2) is 5.02. The van der Waals surface area contributed by atoms with Crippen molar-refractivity contribution in [3.63, 3.8) is 0 Å². The third kappa shape index (κ3) is 5.27. The summed E-state index contributed by atoms with van der Waals surface area (Å²) in [5, 5.41) is 17.6. The standard InChI is InChI=1S/C10H13F3N2/c1-8(2)5-9(6-14,7-15)3-4-10(11,12)13/h8H,3-5H2,1-2H3. The van der Waals surface area contributed by atoms with Gasteiger partial charge in [-0.1, -0.05) is 13.8 Å². The summed E-state index contributed by atoms with van der Waals surface area (Å²) < 4.78 is 35.9. The zero-order valence-corrected chi connectivity index (χ0v) is 8.73. The third-order valence-electron chi connectivity index (χ3n) is 2.02. The summed E-state index contributed by atoms with van der Waals surface area (Å²) in [5.41, 5.74) is -1.50. The minimum Gasteiger partial charge on any atom is -0.197 e.